The molecule has 0 aliphatic carbocycles. The molecule has 1 amide bonds. The van der Waals surface area contributed by atoms with Gasteiger partial charge in [-0.3, -0.25) is 4.79 Å². The normalized spacial score (nSPS) is 10.5. The summed E-state index contributed by atoms with van der Waals surface area (Å²) in [6, 6.07) is 15.1. The van der Waals surface area contributed by atoms with Crippen LogP contribution in [-0.4, -0.2) is 18.5 Å². The third kappa shape index (κ3) is 5.79. The van der Waals surface area contributed by atoms with E-state index in [9.17, 15) is 9.59 Å². The van der Waals surface area contributed by atoms with Gasteiger partial charge in [0.05, 0.1) is 0 Å². The zero-order chi connectivity index (χ0) is 16.7. The lowest BCUT2D eigenvalue weighted by molar-refractivity contribution is -0.142. The molecule has 0 unspecified atom stereocenters. The van der Waals surface area contributed by atoms with Gasteiger partial charge in [0, 0.05) is 11.8 Å². The quantitative estimate of drug-likeness (QED) is 0.679. The third-order valence-electron chi connectivity index (χ3n) is 3.06. The van der Waals surface area contributed by atoms with Crippen LogP contribution in [0.3, 0.4) is 0 Å². The average molecular weight is 309 g/mol. The second kappa shape index (κ2) is 7.94. The number of ether oxygens (including phenoxy) is 1. The maximum atomic E-state index is 11.8. The number of amides is 1. The van der Waals surface area contributed by atoms with Gasteiger partial charge in [0.25, 0.3) is 5.91 Å². The molecule has 2 aromatic carbocycles. The molecule has 0 aliphatic rings. The second-order valence-corrected chi connectivity index (χ2v) is 5.28. The van der Waals surface area contributed by atoms with Crippen LogP contribution in [0.4, 0.5) is 5.69 Å². The Morgan fingerprint density at radius 3 is 2.35 bits per heavy atom. The molecule has 2 aromatic rings. The third-order valence-corrected chi connectivity index (χ3v) is 3.06. The van der Waals surface area contributed by atoms with Gasteiger partial charge < -0.3 is 10.1 Å². The van der Waals surface area contributed by atoms with Crippen molar-refractivity contribution in [2.24, 2.45) is 0 Å². The van der Waals surface area contributed by atoms with Crippen LogP contribution in [0.5, 0.6) is 0 Å². The fourth-order valence-corrected chi connectivity index (χ4v) is 2.16. The van der Waals surface area contributed by atoms with Gasteiger partial charge in [-0.15, -0.1) is 0 Å². The van der Waals surface area contributed by atoms with Gasteiger partial charge in [-0.05, 0) is 48.7 Å². The topological polar surface area (TPSA) is 55.4 Å². The lowest BCUT2D eigenvalue weighted by Gasteiger charge is -2.07. The molecule has 1 N–H and O–H groups in total. The largest absolute Gasteiger partial charge is 0.452 e. The zero-order valence-corrected chi connectivity index (χ0v) is 13.2. The summed E-state index contributed by atoms with van der Waals surface area (Å²) in [7, 11) is 0. The van der Waals surface area contributed by atoms with Crippen LogP contribution in [0, 0.1) is 13.8 Å². The number of aryl methyl sites for hydroxylation is 2. The Labute approximate surface area is 135 Å². The van der Waals surface area contributed by atoms with Gasteiger partial charge in [-0.25, -0.2) is 4.79 Å². The van der Waals surface area contributed by atoms with Crippen molar-refractivity contribution in [3.63, 3.8) is 0 Å². The SMILES string of the molecule is Cc1cc(C)cc(NC(=O)COC(=O)/C=C/c2ccccc2)c1. The first-order valence-corrected chi connectivity index (χ1v) is 7.31. The van der Waals surface area contributed by atoms with Gasteiger partial charge in [0.2, 0.25) is 0 Å². The highest BCUT2D eigenvalue weighted by atomic mass is 16.5. The number of hydrogen-bond donors (Lipinski definition) is 1. The van der Waals surface area contributed by atoms with Crippen molar-refractivity contribution in [2.45, 2.75) is 13.8 Å². The fourth-order valence-electron chi connectivity index (χ4n) is 2.16. The number of rotatable bonds is 5. The molecule has 4 nitrogen and oxygen atoms in total. The number of anilines is 1. The van der Waals surface area contributed by atoms with Crippen LogP contribution >= 0.6 is 0 Å². The van der Waals surface area contributed by atoms with Gasteiger partial charge in [-0.1, -0.05) is 36.4 Å². The molecule has 23 heavy (non-hydrogen) atoms. The van der Waals surface area contributed by atoms with E-state index in [1.165, 1.54) is 6.08 Å². The molecular formula is C19H19NO3. The molecule has 0 bridgehead atoms. The van der Waals surface area contributed by atoms with Gasteiger partial charge in [-0.2, -0.15) is 0 Å². The highest BCUT2D eigenvalue weighted by Crippen LogP contribution is 2.13. The van der Waals surface area contributed by atoms with Crippen LogP contribution < -0.4 is 5.32 Å². The van der Waals surface area contributed by atoms with Crippen molar-refractivity contribution in [2.75, 3.05) is 11.9 Å². The Morgan fingerprint density at radius 2 is 1.70 bits per heavy atom. The number of nitrogens with one attached hydrogen (secondary N) is 1. The summed E-state index contributed by atoms with van der Waals surface area (Å²) in [5.74, 6) is -0.916. The first-order valence-electron chi connectivity index (χ1n) is 7.31. The summed E-state index contributed by atoms with van der Waals surface area (Å²) in [5, 5.41) is 2.71. The molecule has 0 aromatic heterocycles. The number of carbonyl (C=O) groups excluding carboxylic acids is 2. The summed E-state index contributed by atoms with van der Waals surface area (Å²) >= 11 is 0. The molecule has 4 heteroatoms. The number of hydrogen-bond acceptors (Lipinski definition) is 3. The molecular weight excluding hydrogens is 290 g/mol. The number of carbonyl (C=O) groups is 2. The molecule has 0 spiro atoms. The van der Waals surface area contributed by atoms with Crippen LogP contribution in [0.25, 0.3) is 6.08 Å². The maximum absolute atomic E-state index is 11.8. The summed E-state index contributed by atoms with van der Waals surface area (Å²) in [5.41, 5.74) is 3.71. The summed E-state index contributed by atoms with van der Waals surface area (Å²) in [4.78, 5) is 23.4. The number of esters is 1. The Kier molecular flexibility index (Phi) is 5.69. The van der Waals surface area contributed by atoms with Crippen molar-refractivity contribution in [3.05, 3.63) is 71.3 Å². The fraction of sp³-hybridized carbons (Fsp3) is 0.158. The Hall–Kier alpha value is -2.88. The average Bonchev–Trinajstić information content (AvgIpc) is 2.51. The summed E-state index contributed by atoms with van der Waals surface area (Å²) in [6.45, 7) is 3.60. The van der Waals surface area contributed by atoms with Crippen LogP contribution in [-0.2, 0) is 14.3 Å². The molecule has 0 radical (unpaired) electrons. The predicted octanol–water partition coefficient (Wildman–Crippen LogP) is 3.50. The molecule has 118 valence electrons. The standard InChI is InChI=1S/C19H19NO3/c1-14-10-15(2)12-17(11-14)20-18(21)13-23-19(22)9-8-16-6-4-3-5-7-16/h3-12H,13H2,1-2H3,(H,20,21)/b9-8+. The van der Waals surface area contributed by atoms with Crippen molar-refractivity contribution < 1.29 is 14.3 Å². The van der Waals surface area contributed by atoms with E-state index in [1.807, 2.05) is 62.4 Å². The number of benzene rings is 2. The monoisotopic (exact) mass is 309 g/mol. The summed E-state index contributed by atoms with van der Waals surface area (Å²) < 4.78 is 4.92. The molecule has 0 atom stereocenters. The minimum atomic E-state index is -0.551. The van der Waals surface area contributed by atoms with Crippen molar-refractivity contribution in [3.8, 4) is 0 Å². The molecule has 0 heterocycles. The molecule has 0 saturated carbocycles. The minimum Gasteiger partial charge on any atom is -0.452 e. The van der Waals surface area contributed by atoms with Gasteiger partial charge in [0.15, 0.2) is 6.61 Å². The van der Waals surface area contributed by atoms with Gasteiger partial charge in [0.1, 0.15) is 0 Å². The Bertz CT molecular complexity index is 700. The Morgan fingerprint density at radius 1 is 1.04 bits per heavy atom. The highest BCUT2D eigenvalue weighted by Gasteiger charge is 2.06. The Balaban J connectivity index is 1.82. The van der Waals surface area contributed by atoms with E-state index in [4.69, 9.17) is 4.74 Å². The van der Waals surface area contributed by atoms with Crippen molar-refractivity contribution in [1.82, 2.24) is 0 Å². The second-order valence-electron chi connectivity index (χ2n) is 5.28. The maximum Gasteiger partial charge on any atom is 0.331 e. The molecule has 0 fully saturated rings. The van der Waals surface area contributed by atoms with E-state index < -0.39 is 5.97 Å². The van der Waals surface area contributed by atoms with E-state index in [1.54, 1.807) is 6.08 Å². The van der Waals surface area contributed by atoms with E-state index in [0.717, 1.165) is 16.7 Å². The highest BCUT2D eigenvalue weighted by molar-refractivity contribution is 5.94. The lowest BCUT2D eigenvalue weighted by Crippen LogP contribution is -2.20. The van der Waals surface area contributed by atoms with E-state index in [-0.39, 0.29) is 12.5 Å². The van der Waals surface area contributed by atoms with Gasteiger partial charge >= 0.3 is 5.97 Å². The van der Waals surface area contributed by atoms with Crippen molar-refractivity contribution >= 4 is 23.6 Å². The van der Waals surface area contributed by atoms with Crippen LogP contribution in [0.15, 0.2) is 54.6 Å². The smallest absolute Gasteiger partial charge is 0.331 e. The van der Waals surface area contributed by atoms with E-state index in [2.05, 4.69) is 5.32 Å². The molecule has 0 aliphatic heterocycles. The first-order chi connectivity index (χ1) is 11.0. The lowest BCUT2D eigenvalue weighted by atomic mass is 10.1. The summed E-state index contributed by atoms with van der Waals surface area (Å²) in [6.07, 6.45) is 2.95. The van der Waals surface area contributed by atoms with Crippen LogP contribution in [0.1, 0.15) is 16.7 Å². The minimum absolute atomic E-state index is 0.315. The van der Waals surface area contributed by atoms with E-state index >= 15 is 0 Å². The van der Waals surface area contributed by atoms with Crippen LogP contribution in [0.2, 0.25) is 0 Å². The molecule has 2 rings (SSSR count). The molecule has 0 saturated heterocycles. The van der Waals surface area contributed by atoms with Crippen molar-refractivity contribution in [1.29, 1.82) is 0 Å². The zero-order valence-electron chi connectivity index (χ0n) is 13.2. The predicted molar refractivity (Wildman–Crippen MR) is 91.0 cm³/mol. The van der Waals surface area contributed by atoms with E-state index in [0.29, 0.717) is 5.69 Å². The first kappa shape index (κ1) is 16.5.